The number of carbonyl (C=O) groups excluding carboxylic acids is 1. The van der Waals surface area contributed by atoms with Crippen LogP contribution in [0.25, 0.3) is 0 Å². The van der Waals surface area contributed by atoms with E-state index in [2.05, 4.69) is 37.9 Å². The molecule has 0 bridgehead atoms. The van der Waals surface area contributed by atoms with Crippen molar-refractivity contribution in [3.63, 3.8) is 0 Å². The van der Waals surface area contributed by atoms with E-state index in [0.29, 0.717) is 5.92 Å². The number of carbonyl (C=O) groups is 1. The smallest absolute Gasteiger partial charge is 0.223 e. The van der Waals surface area contributed by atoms with E-state index in [9.17, 15) is 4.79 Å². The molecule has 1 rings (SSSR count). The zero-order valence-corrected chi connectivity index (χ0v) is 13.4. The van der Waals surface area contributed by atoms with Gasteiger partial charge in [0, 0.05) is 24.5 Å². The third-order valence-electron chi connectivity index (χ3n) is 4.85. The molecule has 4 unspecified atom stereocenters. The summed E-state index contributed by atoms with van der Waals surface area (Å²) in [5, 5.41) is 3.15. The lowest BCUT2D eigenvalue weighted by Crippen LogP contribution is -2.53. The second-order valence-electron chi connectivity index (χ2n) is 7.08. The van der Waals surface area contributed by atoms with Crippen molar-refractivity contribution in [2.24, 2.45) is 23.0 Å². The average Bonchev–Trinajstić information content (AvgIpc) is 2.24. The van der Waals surface area contributed by atoms with Gasteiger partial charge in [-0.2, -0.15) is 0 Å². The molecule has 0 heterocycles. The molecule has 0 aromatic rings. The maximum atomic E-state index is 12.5. The third kappa shape index (κ3) is 3.93. The lowest BCUT2D eigenvalue weighted by Gasteiger charge is -2.46. The van der Waals surface area contributed by atoms with Gasteiger partial charge < -0.3 is 16.0 Å². The Morgan fingerprint density at radius 3 is 2.53 bits per heavy atom. The van der Waals surface area contributed by atoms with Crippen molar-refractivity contribution < 1.29 is 4.79 Å². The molecule has 3 N–H and O–H groups in total. The molecule has 0 aromatic carbocycles. The summed E-state index contributed by atoms with van der Waals surface area (Å²) >= 11 is 0. The zero-order chi connectivity index (χ0) is 14.8. The number of rotatable bonds is 4. The van der Waals surface area contributed by atoms with Crippen molar-refractivity contribution in [1.82, 2.24) is 10.2 Å². The predicted octanol–water partition coefficient (Wildman–Crippen LogP) is 1.45. The van der Waals surface area contributed by atoms with E-state index in [1.165, 1.54) is 0 Å². The minimum absolute atomic E-state index is 0.0282. The summed E-state index contributed by atoms with van der Waals surface area (Å²) in [6.45, 7) is 9.46. The number of nitrogens with two attached hydrogens (primary N) is 1. The molecule has 4 nitrogen and oxygen atoms in total. The Bertz CT molecular complexity index is 315. The van der Waals surface area contributed by atoms with Crippen LogP contribution in [0.2, 0.25) is 0 Å². The standard InChI is InChI=1S/C15H31N3O/c1-10(9-18(5)6)17-14(19)12-7-8-13(16)11(2)15(12,3)4/h10-13H,7-9,16H2,1-6H3,(H,17,19). The van der Waals surface area contributed by atoms with Crippen LogP contribution in [0.15, 0.2) is 0 Å². The first-order valence-electron chi connectivity index (χ1n) is 7.37. The van der Waals surface area contributed by atoms with E-state index >= 15 is 0 Å². The van der Waals surface area contributed by atoms with Crippen LogP contribution in [0.5, 0.6) is 0 Å². The number of nitrogens with zero attached hydrogens (tertiary/aromatic N) is 1. The Kier molecular flexibility index (Phi) is 5.39. The van der Waals surface area contributed by atoms with Gasteiger partial charge in [0.1, 0.15) is 0 Å². The fraction of sp³-hybridized carbons (Fsp3) is 0.933. The molecule has 19 heavy (non-hydrogen) atoms. The van der Waals surface area contributed by atoms with Crippen molar-refractivity contribution >= 4 is 5.91 Å². The quantitative estimate of drug-likeness (QED) is 0.812. The molecule has 0 aromatic heterocycles. The number of hydrogen-bond donors (Lipinski definition) is 2. The monoisotopic (exact) mass is 269 g/mol. The minimum Gasteiger partial charge on any atom is -0.352 e. The fourth-order valence-corrected chi connectivity index (χ4v) is 3.26. The highest BCUT2D eigenvalue weighted by atomic mass is 16.2. The molecule has 1 aliphatic carbocycles. The summed E-state index contributed by atoms with van der Waals surface area (Å²) in [5.74, 6) is 0.645. The largest absolute Gasteiger partial charge is 0.352 e. The second-order valence-corrected chi connectivity index (χ2v) is 7.08. The van der Waals surface area contributed by atoms with E-state index in [1.807, 2.05) is 14.1 Å². The fourth-order valence-electron chi connectivity index (χ4n) is 3.26. The highest BCUT2D eigenvalue weighted by molar-refractivity contribution is 5.80. The van der Waals surface area contributed by atoms with E-state index in [-0.39, 0.29) is 29.3 Å². The van der Waals surface area contributed by atoms with Gasteiger partial charge in [-0.3, -0.25) is 4.79 Å². The topological polar surface area (TPSA) is 58.4 Å². The Morgan fingerprint density at radius 1 is 1.42 bits per heavy atom. The van der Waals surface area contributed by atoms with Crippen molar-refractivity contribution in [1.29, 1.82) is 0 Å². The van der Waals surface area contributed by atoms with E-state index in [0.717, 1.165) is 19.4 Å². The highest BCUT2D eigenvalue weighted by Gasteiger charge is 2.45. The van der Waals surface area contributed by atoms with Crippen LogP contribution in [0, 0.1) is 17.3 Å². The van der Waals surface area contributed by atoms with Crippen molar-refractivity contribution in [3.8, 4) is 0 Å². The Balaban J connectivity index is 2.66. The molecule has 0 saturated heterocycles. The molecule has 4 atom stereocenters. The van der Waals surface area contributed by atoms with E-state index in [4.69, 9.17) is 5.73 Å². The number of hydrogen-bond acceptors (Lipinski definition) is 3. The predicted molar refractivity (Wildman–Crippen MR) is 79.8 cm³/mol. The Labute approximate surface area is 118 Å². The van der Waals surface area contributed by atoms with Crippen LogP contribution in [0.3, 0.4) is 0 Å². The Morgan fingerprint density at radius 2 is 2.00 bits per heavy atom. The molecule has 1 aliphatic rings. The first kappa shape index (κ1) is 16.4. The summed E-state index contributed by atoms with van der Waals surface area (Å²) in [7, 11) is 4.04. The van der Waals surface area contributed by atoms with Crippen LogP contribution < -0.4 is 11.1 Å². The summed E-state index contributed by atoms with van der Waals surface area (Å²) in [6, 6.07) is 0.405. The molecule has 0 radical (unpaired) electrons. The number of amides is 1. The molecular formula is C15H31N3O. The van der Waals surface area contributed by atoms with Gasteiger partial charge in [-0.25, -0.2) is 0 Å². The van der Waals surface area contributed by atoms with Crippen LogP contribution in [0.4, 0.5) is 0 Å². The molecule has 0 aliphatic heterocycles. The van der Waals surface area contributed by atoms with Crippen LogP contribution in [-0.2, 0) is 4.79 Å². The molecule has 0 spiro atoms. The molecule has 1 saturated carbocycles. The summed E-state index contributed by atoms with van der Waals surface area (Å²) in [5.41, 5.74) is 6.12. The van der Waals surface area contributed by atoms with Crippen molar-refractivity contribution in [2.45, 2.75) is 52.6 Å². The maximum Gasteiger partial charge on any atom is 0.223 e. The lowest BCUT2D eigenvalue weighted by molar-refractivity contribution is -0.133. The number of likely N-dealkylation sites (N-methyl/N-ethyl adjacent to an activating group) is 1. The summed E-state index contributed by atoms with van der Waals surface area (Å²) in [4.78, 5) is 14.6. The maximum absolute atomic E-state index is 12.5. The highest BCUT2D eigenvalue weighted by Crippen LogP contribution is 2.44. The van der Waals surface area contributed by atoms with E-state index < -0.39 is 0 Å². The Hall–Kier alpha value is -0.610. The first-order chi connectivity index (χ1) is 8.66. The van der Waals surface area contributed by atoms with Gasteiger partial charge in [0.25, 0.3) is 0 Å². The average molecular weight is 269 g/mol. The SMILES string of the molecule is CC(CN(C)C)NC(=O)C1CCC(N)C(C)C1(C)C. The molecular weight excluding hydrogens is 238 g/mol. The van der Waals surface area contributed by atoms with Gasteiger partial charge in [-0.15, -0.1) is 0 Å². The first-order valence-corrected chi connectivity index (χ1v) is 7.37. The lowest BCUT2D eigenvalue weighted by atomic mass is 9.61. The number of nitrogens with one attached hydrogen (secondary N) is 1. The van der Waals surface area contributed by atoms with Crippen LogP contribution in [-0.4, -0.2) is 43.5 Å². The van der Waals surface area contributed by atoms with Crippen molar-refractivity contribution in [3.05, 3.63) is 0 Å². The van der Waals surface area contributed by atoms with Gasteiger partial charge >= 0.3 is 0 Å². The minimum atomic E-state index is -0.0282. The van der Waals surface area contributed by atoms with Crippen LogP contribution in [0.1, 0.15) is 40.5 Å². The normalized spacial score (nSPS) is 32.1. The second kappa shape index (κ2) is 6.23. The van der Waals surface area contributed by atoms with Crippen LogP contribution >= 0.6 is 0 Å². The van der Waals surface area contributed by atoms with Gasteiger partial charge in [0.05, 0.1) is 0 Å². The van der Waals surface area contributed by atoms with E-state index in [1.54, 1.807) is 0 Å². The zero-order valence-electron chi connectivity index (χ0n) is 13.4. The van der Waals surface area contributed by atoms with Gasteiger partial charge in [-0.05, 0) is 45.2 Å². The van der Waals surface area contributed by atoms with Gasteiger partial charge in [0.2, 0.25) is 5.91 Å². The van der Waals surface area contributed by atoms with Gasteiger partial charge in [-0.1, -0.05) is 20.8 Å². The van der Waals surface area contributed by atoms with Gasteiger partial charge in [0.15, 0.2) is 0 Å². The summed E-state index contributed by atoms with van der Waals surface area (Å²) < 4.78 is 0. The molecule has 4 heteroatoms. The third-order valence-corrected chi connectivity index (χ3v) is 4.85. The molecule has 1 amide bonds. The summed E-state index contributed by atoms with van der Waals surface area (Å²) in [6.07, 6.45) is 1.85. The van der Waals surface area contributed by atoms with Crippen molar-refractivity contribution in [2.75, 3.05) is 20.6 Å². The molecule has 112 valence electrons. The molecule has 1 fully saturated rings.